The summed E-state index contributed by atoms with van der Waals surface area (Å²) in [6.07, 6.45) is 5.15. The number of aromatic nitrogens is 2. The van der Waals surface area contributed by atoms with Crippen LogP contribution in [0.15, 0.2) is 59.1 Å². The number of hydrogen-bond acceptors (Lipinski definition) is 6. The first-order valence-electron chi connectivity index (χ1n) is 11.7. The molecule has 3 aromatic rings. The summed E-state index contributed by atoms with van der Waals surface area (Å²) in [4.78, 5) is 9.83. The molecule has 2 aliphatic rings. The predicted molar refractivity (Wildman–Crippen MR) is 124 cm³/mol. The minimum absolute atomic E-state index is 0.379. The molecule has 6 heteroatoms. The van der Waals surface area contributed by atoms with Gasteiger partial charge in [0.25, 0.3) is 0 Å². The fraction of sp³-hybridized carbons (Fsp3) is 0.462. The van der Waals surface area contributed by atoms with Crippen LogP contribution in [-0.4, -0.2) is 53.2 Å². The van der Waals surface area contributed by atoms with Crippen molar-refractivity contribution in [2.75, 3.05) is 33.3 Å². The van der Waals surface area contributed by atoms with Crippen LogP contribution >= 0.6 is 0 Å². The molecule has 1 spiro atoms. The van der Waals surface area contributed by atoms with E-state index < -0.39 is 0 Å². The number of piperidine rings is 2. The number of likely N-dealkylation sites (tertiary alicyclic amines) is 2. The first-order chi connectivity index (χ1) is 15.7. The van der Waals surface area contributed by atoms with E-state index in [0.29, 0.717) is 17.1 Å². The Morgan fingerprint density at radius 3 is 2.28 bits per heavy atom. The molecule has 2 aliphatic heterocycles. The van der Waals surface area contributed by atoms with E-state index in [1.807, 2.05) is 24.3 Å². The molecule has 1 atom stereocenters. The molecule has 168 valence electrons. The maximum atomic E-state index is 5.61. The van der Waals surface area contributed by atoms with Gasteiger partial charge >= 0.3 is 0 Å². The lowest BCUT2D eigenvalue weighted by Gasteiger charge is -2.48. The van der Waals surface area contributed by atoms with Crippen LogP contribution in [-0.2, 0) is 13.1 Å². The van der Waals surface area contributed by atoms with Crippen molar-refractivity contribution in [1.29, 1.82) is 0 Å². The highest BCUT2D eigenvalue weighted by molar-refractivity contribution is 5.55. The van der Waals surface area contributed by atoms with Gasteiger partial charge in [0.2, 0.25) is 11.7 Å². The summed E-state index contributed by atoms with van der Waals surface area (Å²) in [6.45, 7) is 6.37. The van der Waals surface area contributed by atoms with Crippen molar-refractivity contribution in [3.05, 3.63) is 66.1 Å². The standard InChI is InChI=1S/C26H32N4O2/c1-31-23-11-9-22(10-12-23)25-27-24(32-28-25)18-30-16-6-14-26(20-30)13-5-15-29(19-26)17-21-7-3-2-4-8-21/h2-4,7-12H,5-6,13-20H2,1H3/t26-/m1/s1. The molecule has 0 bridgehead atoms. The molecule has 5 rings (SSSR count). The van der Waals surface area contributed by atoms with Gasteiger partial charge in [-0.3, -0.25) is 9.80 Å². The van der Waals surface area contributed by atoms with Crippen LogP contribution in [0.25, 0.3) is 11.4 Å². The fourth-order valence-corrected chi connectivity index (χ4v) is 5.43. The van der Waals surface area contributed by atoms with Crippen molar-refractivity contribution < 1.29 is 9.26 Å². The van der Waals surface area contributed by atoms with E-state index in [1.165, 1.54) is 44.3 Å². The number of rotatable bonds is 6. The van der Waals surface area contributed by atoms with E-state index in [1.54, 1.807) is 7.11 Å². The second-order valence-electron chi connectivity index (χ2n) is 9.35. The fourth-order valence-electron chi connectivity index (χ4n) is 5.43. The van der Waals surface area contributed by atoms with Gasteiger partial charge in [0.1, 0.15) is 5.75 Å². The highest BCUT2D eigenvalue weighted by Gasteiger charge is 2.39. The molecule has 6 nitrogen and oxygen atoms in total. The third kappa shape index (κ3) is 4.87. The molecule has 2 aromatic carbocycles. The second kappa shape index (κ2) is 9.43. The van der Waals surface area contributed by atoms with Gasteiger partial charge in [0, 0.05) is 25.2 Å². The van der Waals surface area contributed by atoms with Gasteiger partial charge in [-0.05, 0) is 74.0 Å². The Morgan fingerprint density at radius 1 is 0.906 bits per heavy atom. The zero-order valence-corrected chi connectivity index (χ0v) is 18.9. The molecule has 32 heavy (non-hydrogen) atoms. The summed E-state index contributed by atoms with van der Waals surface area (Å²) in [5.41, 5.74) is 2.73. The lowest BCUT2D eigenvalue weighted by atomic mass is 9.73. The number of methoxy groups -OCH3 is 1. The molecule has 2 saturated heterocycles. The lowest BCUT2D eigenvalue weighted by molar-refractivity contribution is 0.00462. The van der Waals surface area contributed by atoms with Gasteiger partial charge in [-0.15, -0.1) is 0 Å². The average Bonchev–Trinajstić information content (AvgIpc) is 3.28. The van der Waals surface area contributed by atoms with Crippen molar-refractivity contribution in [3.8, 4) is 17.1 Å². The van der Waals surface area contributed by atoms with Gasteiger partial charge in [-0.1, -0.05) is 35.5 Å². The van der Waals surface area contributed by atoms with E-state index in [4.69, 9.17) is 9.26 Å². The van der Waals surface area contributed by atoms with Crippen LogP contribution in [0.5, 0.6) is 5.75 Å². The first kappa shape index (κ1) is 21.2. The van der Waals surface area contributed by atoms with Crippen molar-refractivity contribution in [2.45, 2.75) is 38.8 Å². The second-order valence-corrected chi connectivity index (χ2v) is 9.35. The topological polar surface area (TPSA) is 54.6 Å². The summed E-state index contributed by atoms with van der Waals surface area (Å²) in [6, 6.07) is 18.6. The molecule has 0 radical (unpaired) electrons. The summed E-state index contributed by atoms with van der Waals surface area (Å²) in [7, 11) is 1.67. The highest BCUT2D eigenvalue weighted by Crippen LogP contribution is 2.39. The molecule has 0 unspecified atom stereocenters. The van der Waals surface area contributed by atoms with Crippen LogP contribution in [0.4, 0.5) is 0 Å². The molecule has 0 amide bonds. The first-order valence-corrected chi connectivity index (χ1v) is 11.7. The van der Waals surface area contributed by atoms with Crippen LogP contribution in [0.1, 0.15) is 37.1 Å². The van der Waals surface area contributed by atoms with Crippen LogP contribution < -0.4 is 4.74 Å². The third-order valence-corrected chi connectivity index (χ3v) is 6.91. The Labute approximate surface area is 190 Å². The van der Waals surface area contributed by atoms with Gasteiger partial charge in [-0.25, -0.2) is 0 Å². The number of nitrogens with zero attached hydrogens (tertiary/aromatic N) is 4. The Kier molecular flexibility index (Phi) is 6.23. The molecule has 1 aromatic heterocycles. The maximum absolute atomic E-state index is 5.61. The van der Waals surface area contributed by atoms with Gasteiger partial charge in [0.15, 0.2) is 0 Å². The Balaban J connectivity index is 1.22. The zero-order chi connectivity index (χ0) is 21.8. The zero-order valence-electron chi connectivity index (χ0n) is 18.9. The van der Waals surface area contributed by atoms with E-state index >= 15 is 0 Å². The van der Waals surface area contributed by atoms with Gasteiger partial charge < -0.3 is 9.26 Å². The SMILES string of the molecule is COc1ccc(-c2noc(CN3CCC[C@@]4(CCCN(Cc5ccccc5)C4)C3)n2)cc1. The number of hydrogen-bond donors (Lipinski definition) is 0. The molecule has 2 fully saturated rings. The predicted octanol–water partition coefficient (Wildman–Crippen LogP) is 4.62. The summed E-state index contributed by atoms with van der Waals surface area (Å²) in [5, 5.41) is 4.21. The maximum Gasteiger partial charge on any atom is 0.241 e. The monoisotopic (exact) mass is 432 g/mol. The number of benzene rings is 2. The third-order valence-electron chi connectivity index (χ3n) is 6.91. The molecule has 0 N–H and O–H groups in total. The van der Waals surface area contributed by atoms with Crippen molar-refractivity contribution in [1.82, 2.24) is 19.9 Å². The van der Waals surface area contributed by atoms with Crippen LogP contribution in [0.2, 0.25) is 0 Å². The van der Waals surface area contributed by atoms with Crippen molar-refractivity contribution in [2.24, 2.45) is 5.41 Å². The molecular weight excluding hydrogens is 400 g/mol. The summed E-state index contributed by atoms with van der Waals surface area (Å²) in [5.74, 6) is 2.16. The molecular formula is C26H32N4O2. The highest BCUT2D eigenvalue weighted by atomic mass is 16.5. The summed E-state index contributed by atoms with van der Waals surface area (Å²) >= 11 is 0. The van der Waals surface area contributed by atoms with Crippen molar-refractivity contribution >= 4 is 0 Å². The Hall–Kier alpha value is -2.70. The smallest absolute Gasteiger partial charge is 0.241 e. The summed E-state index contributed by atoms with van der Waals surface area (Å²) < 4.78 is 10.8. The van der Waals surface area contributed by atoms with Crippen LogP contribution in [0.3, 0.4) is 0 Å². The lowest BCUT2D eigenvalue weighted by Crippen LogP contribution is -2.51. The quantitative estimate of drug-likeness (QED) is 0.566. The van der Waals surface area contributed by atoms with Crippen molar-refractivity contribution in [3.63, 3.8) is 0 Å². The Morgan fingerprint density at radius 2 is 1.59 bits per heavy atom. The Bertz CT molecular complexity index is 1000. The normalized spacial score (nSPS) is 22.3. The van der Waals surface area contributed by atoms with E-state index in [0.717, 1.165) is 37.5 Å². The van der Waals surface area contributed by atoms with Gasteiger partial charge in [-0.2, -0.15) is 4.98 Å². The van der Waals surface area contributed by atoms with E-state index in [-0.39, 0.29) is 0 Å². The van der Waals surface area contributed by atoms with E-state index in [9.17, 15) is 0 Å². The number of ether oxygens (including phenoxy) is 1. The van der Waals surface area contributed by atoms with Gasteiger partial charge in [0.05, 0.1) is 13.7 Å². The van der Waals surface area contributed by atoms with Crippen LogP contribution in [0, 0.1) is 5.41 Å². The molecule has 0 saturated carbocycles. The molecule has 0 aliphatic carbocycles. The molecule has 3 heterocycles. The van der Waals surface area contributed by atoms with E-state index in [2.05, 4.69) is 50.3 Å². The minimum Gasteiger partial charge on any atom is -0.497 e. The minimum atomic E-state index is 0.379. The largest absolute Gasteiger partial charge is 0.497 e. The average molecular weight is 433 g/mol.